The lowest BCUT2D eigenvalue weighted by molar-refractivity contribution is 0.353. The average Bonchev–Trinajstić information content (AvgIpc) is 2.58. The molecule has 0 amide bonds. The number of hydrogen-bond donors (Lipinski definition) is 0. The van der Waals surface area contributed by atoms with Gasteiger partial charge in [-0.15, -0.1) is 0 Å². The zero-order chi connectivity index (χ0) is 15.6. The third-order valence-electron chi connectivity index (χ3n) is 4.61. The molecule has 2 heteroatoms. The van der Waals surface area contributed by atoms with E-state index in [9.17, 15) is 4.39 Å². The minimum Gasteiger partial charge on any atom is -0.357 e. The lowest BCUT2D eigenvalue weighted by Gasteiger charge is -2.51. The molecule has 1 fully saturated rings. The third kappa shape index (κ3) is 2.61. The smallest absolute Gasteiger partial charge is 0.123 e. The summed E-state index contributed by atoms with van der Waals surface area (Å²) in [5, 5.41) is 0. The molecule has 3 aromatic rings. The van der Waals surface area contributed by atoms with Crippen molar-refractivity contribution in [1.82, 2.24) is 0 Å². The van der Waals surface area contributed by atoms with Crippen LogP contribution in [0.15, 0.2) is 84.9 Å². The average molecular weight is 303 g/mol. The minimum atomic E-state index is -0.193. The molecule has 0 spiro atoms. The molecule has 0 bridgehead atoms. The summed E-state index contributed by atoms with van der Waals surface area (Å²) >= 11 is 0. The molecule has 0 radical (unpaired) electrons. The molecular formula is C21H18FN. The van der Waals surface area contributed by atoms with Crippen LogP contribution in [-0.4, -0.2) is 0 Å². The fourth-order valence-electron chi connectivity index (χ4n) is 3.43. The van der Waals surface area contributed by atoms with Crippen LogP contribution in [0.25, 0.3) is 0 Å². The zero-order valence-corrected chi connectivity index (χ0v) is 12.8. The quantitative estimate of drug-likeness (QED) is 0.616. The second-order valence-electron chi connectivity index (χ2n) is 5.97. The van der Waals surface area contributed by atoms with Crippen LogP contribution < -0.4 is 4.90 Å². The van der Waals surface area contributed by atoms with E-state index in [-0.39, 0.29) is 5.82 Å². The number of hydrogen-bond acceptors (Lipinski definition) is 1. The van der Waals surface area contributed by atoms with Crippen molar-refractivity contribution in [3.63, 3.8) is 0 Å². The molecule has 3 aromatic carbocycles. The van der Waals surface area contributed by atoms with Crippen molar-refractivity contribution < 1.29 is 4.39 Å². The number of nitrogens with zero attached hydrogens (tertiary/aromatic N) is 1. The zero-order valence-electron chi connectivity index (χ0n) is 12.8. The van der Waals surface area contributed by atoms with Gasteiger partial charge in [0.15, 0.2) is 0 Å². The van der Waals surface area contributed by atoms with Gasteiger partial charge in [-0.1, -0.05) is 60.7 Å². The molecular weight excluding hydrogens is 285 g/mol. The number of halogens is 1. The van der Waals surface area contributed by atoms with Gasteiger partial charge in [-0.2, -0.15) is 0 Å². The standard InChI is InChI=1S/C21H18FN/c22-18-11-13-19(14-12-18)23-20(16-7-3-1-4-8-16)15-21(23)17-9-5-2-6-10-17/h1-14,20-21H,15H2/t20-,21+. The van der Waals surface area contributed by atoms with Crippen LogP contribution in [0.2, 0.25) is 0 Å². The number of rotatable bonds is 3. The Bertz CT molecular complexity index is 722. The van der Waals surface area contributed by atoms with Crippen molar-refractivity contribution in [2.45, 2.75) is 18.5 Å². The molecule has 0 aliphatic carbocycles. The summed E-state index contributed by atoms with van der Waals surface area (Å²) in [4.78, 5) is 2.39. The lowest BCUT2D eigenvalue weighted by atomic mass is 9.83. The van der Waals surface area contributed by atoms with E-state index < -0.39 is 0 Å². The molecule has 0 unspecified atom stereocenters. The summed E-state index contributed by atoms with van der Waals surface area (Å²) in [5.74, 6) is -0.193. The van der Waals surface area contributed by atoms with Crippen molar-refractivity contribution in [3.8, 4) is 0 Å². The predicted molar refractivity (Wildman–Crippen MR) is 91.9 cm³/mol. The maximum atomic E-state index is 13.3. The molecule has 114 valence electrons. The Hall–Kier alpha value is -2.61. The normalized spacial score (nSPS) is 20.1. The van der Waals surface area contributed by atoms with Crippen molar-refractivity contribution in [2.75, 3.05) is 4.90 Å². The first kappa shape index (κ1) is 14.0. The van der Waals surface area contributed by atoms with E-state index in [0.29, 0.717) is 12.1 Å². The van der Waals surface area contributed by atoms with Gasteiger partial charge in [0, 0.05) is 5.69 Å². The molecule has 0 N–H and O–H groups in total. The van der Waals surface area contributed by atoms with E-state index in [2.05, 4.69) is 53.4 Å². The minimum absolute atomic E-state index is 0.193. The maximum Gasteiger partial charge on any atom is 0.123 e. The monoisotopic (exact) mass is 303 g/mol. The summed E-state index contributed by atoms with van der Waals surface area (Å²) in [5.41, 5.74) is 3.69. The van der Waals surface area contributed by atoms with Crippen molar-refractivity contribution >= 4 is 5.69 Å². The Labute approximate surface area is 136 Å². The molecule has 23 heavy (non-hydrogen) atoms. The lowest BCUT2D eigenvalue weighted by Crippen LogP contribution is -2.44. The van der Waals surface area contributed by atoms with Gasteiger partial charge in [0.25, 0.3) is 0 Å². The highest BCUT2D eigenvalue weighted by atomic mass is 19.1. The molecule has 2 atom stereocenters. The summed E-state index contributed by atoms with van der Waals surface area (Å²) < 4.78 is 13.3. The second kappa shape index (κ2) is 5.88. The third-order valence-corrected chi connectivity index (χ3v) is 4.61. The summed E-state index contributed by atoms with van der Waals surface area (Å²) in [6, 6.07) is 28.6. The van der Waals surface area contributed by atoms with Crippen LogP contribution in [0.5, 0.6) is 0 Å². The first-order chi connectivity index (χ1) is 11.3. The molecule has 1 saturated heterocycles. The topological polar surface area (TPSA) is 3.24 Å². The molecule has 0 saturated carbocycles. The van der Waals surface area contributed by atoms with E-state index in [1.807, 2.05) is 24.3 Å². The Kier molecular flexibility index (Phi) is 3.58. The van der Waals surface area contributed by atoms with Crippen molar-refractivity contribution in [3.05, 3.63) is 102 Å². The van der Waals surface area contributed by atoms with E-state index in [0.717, 1.165) is 12.1 Å². The summed E-state index contributed by atoms with van der Waals surface area (Å²) in [6.07, 6.45) is 1.07. The van der Waals surface area contributed by atoms with Gasteiger partial charge < -0.3 is 4.90 Å². The largest absolute Gasteiger partial charge is 0.357 e. The SMILES string of the molecule is Fc1ccc(N2[C@@H](c3ccccc3)C[C@H]2c2ccccc2)cc1. The van der Waals surface area contributed by atoms with Crippen LogP contribution in [0.4, 0.5) is 10.1 Å². The fourth-order valence-corrected chi connectivity index (χ4v) is 3.43. The number of anilines is 1. The Morgan fingerprint density at radius 1 is 0.652 bits per heavy atom. The Morgan fingerprint density at radius 3 is 1.61 bits per heavy atom. The highest BCUT2D eigenvalue weighted by Crippen LogP contribution is 2.50. The molecule has 1 aliphatic heterocycles. The first-order valence-electron chi connectivity index (χ1n) is 7.97. The molecule has 1 aliphatic rings. The highest BCUT2D eigenvalue weighted by molar-refractivity contribution is 5.55. The van der Waals surface area contributed by atoms with Gasteiger partial charge in [-0.25, -0.2) is 4.39 Å². The first-order valence-corrected chi connectivity index (χ1v) is 7.97. The van der Waals surface area contributed by atoms with Gasteiger partial charge in [0.05, 0.1) is 12.1 Å². The predicted octanol–water partition coefficient (Wildman–Crippen LogP) is 5.52. The van der Waals surface area contributed by atoms with Crippen molar-refractivity contribution in [1.29, 1.82) is 0 Å². The van der Waals surface area contributed by atoms with Gasteiger partial charge in [0.1, 0.15) is 5.82 Å². The molecule has 0 aromatic heterocycles. The van der Waals surface area contributed by atoms with Gasteiger partial charge >= 0.3 is 0 Å². The van der Waals surface area contributed by atoms with Gasteiger partial charge in [0.2, 0.25) is 0 Å². The van der Waals surface area contributed by atoms with Gasteiger partial charge in [-0.3, -0.25) is 0 Å². The maximum absolute atomic E-state index is 13.3. The van der Waals surface area contributed by atoms with Crippen LogP contribution in [0, 0.1) is 5.82 Å². The second-order valence-corrected chi connectivity index (χ2v) is 5.97. The van der Waals surface area contributed by atoms with E-state index >= 15 is 0 Å². The van der Waals surface area contributed by atoms with Gasteiger partial charge in [-0.05, 0) is 41.8 Å². The van der Waals surface area contributed by atoms with E-state index in [4.69, 9.17) is 0 Å². The van der Waals surface area contributed by atoms with Crippen LogP contribution in [-0.2, 0) is 0 Å². The highest BCUT2D eigenvalue weighted by Gasteiger charge is 2.39. The van der Waals surface area contributed by atoms with Crippen molar-refractivity contribution in [2.24, 2.45) is 0 Å². The summed E-state index contributed by atoms with van der Waals surface area (Å²) in [6.45, 7) is 0. The summed E-state index contributed by atoms with van der Waals surface area (Å²) in [7, 11) is 0. The van der Waals surface area contributed by atoms with Crippen LogP contribution in [0.1, 0.15) is 29.6 Å². The number of benzene rings is 3. The van der Waals surface area contributed by atoms with Crippen LogP contribution in [0.3, 0.4) is 0 Å². The van der Waals surface area contributed by atoms with E-state index in [1.54, 1.807) is 0 Å². The van der Waals surface area contributed by atoms with E-state index in [1.165, 1.54) is 23.3 Å². The molecule has 1 heterocycles. The molecule has 1 nitrogen and oxygen atoms in total. The molecule has 4 rings (SSSR count). The Balaban J connectivity index is 1.71. The van der Waals surface area contributed by atoms with Crippen LogP contribution >= 0.6 is 0 Å². The Morgan fingerprint density at radius 2 is 1.13 bits per heavy atom. The fraction of sp³-hybridized carbons (Fsp3) is 0.143.